The van der Waals surface area contributed by atoms with Crippen LogP contribution in [0.4, 0.5) is 0 Å². The van der Waals surface area contributed by atoms with E-state index in [1.165, 1.54) is 0 Å². The van der Waals surface area contributed by atoms with Gasteiger partial charge in [-0.05, 0) is 30.6 Å². The number of rotatable bonds is 2. The average molecular weight is 326 g/mol. The third kappa shape index (κ3) is 1.87. The molecule has 1 aromatic heterocycles. The summed E-state index contributed by atoms with van der Waals surface area (Å²) in [5, 5.41) is 11.9. The van der Waals surface area contributed by atoms with Crippen molar-refractivity contribution in [1.82, 2.24) is 10.2 Å². The predicted molar refractivity (Wildman–Crippen MR) is 93.5 cm³/mol. The Bertz CT molecular complexity index is 816. The van der Waals surface area contributed by atoms with Crippen molar-refractivity contribution in [2.24, 2.45) is 16.7 Å². The van der Waals surface area contributed by atoms with E-state index in [0.29, 0.717) is 5.78 Å². The maximum absolute atomic E-state index is 12.9. The number of hydrogen-bond acceptors (Lipinski definition) is 4. The number of aryl methyl sites for hydroxylation is 1. The van der Waals surface area contributed by atoms with Gasteiger partial charge >= 0.3 is 0 Å². The summed E-state index contributed by atoms with van der Waals surface area (Å²) in [5.74, 6) is 0.620. The quantitative estimate of drug-likeness (QED) is 0.819. The summed E-state index contributed by atoms with van der Waals surface area (Å²) in [5.41, 5.74) is 1.07. The van der Waals surface area contributed by atoms with Gasteiger partial charge in [-0.3, -0.25) is 4.79 Å². The summed E-state index contributed by atoms with van der Waals surface area (Å²) in [6.45, 7) is 8.81. The topological polar surface area (TPSA) is 42.9 Å². The molecular weight excluding hydrogens is 304 g/mol. The average Bonchev–Trinajstić information content (AvgIpc) is 2.83. The van der Waals surface area contributed by atoms with E-state index in [1.54, 1.807) is 11.8 Å². The number of nitrogens with zero attached hydrogens (tertiary/aromatic N) is 2. The number of Topliss-reactive ketones (excluding diaryl/α,β-unsaturated/α-hetero) is 1. The number of fused-ring (bicyclic) bond motifs is 3. The molecule has 3 nitrogen and oxygen atoms in total. The van der Waals surface area contributed by atoms with Gasteiger partial charge in [-0.1, -0.05) is 56.8 Å². The monoisotopic (exact) mass is 326 g/mol. The van der Waals surface area contributed by atoms with Crippen molar-refractivity contribution in [2.75, 3.05) is 0 Å². The minimum atomic E-state index is -0.00309. The summed E-state index contributed by atoms with van der Waals surface area (Å²) < 4.78 is 0. The Labute approximate surface area is 141 Å². The van der Waals surface area contributed by atoms with Crippen LogP contribution in [0.3, 0.4) is 0 Å². The molecule has 2 saturated carbocycles. The summed E-state index contributed by atoms with van der Waals surface area (Å²) in [6.07, 6.45) is 2.17. The summed E-state index contributed by atoms with van der Waals surface area (Å²) in [7, 11) is 0. The first-order valence-electron chi connectivity index (χ1n) is 8.29. The highest BCUT2D eigenvalue weighted by Crippen LogP contribution is 2.67. The Kier molecular flexibility index (Phi) is 3.15. The highest BCUT2D eigenvalue weighted by Gasteiger charge is 2.66. The fourth-order valence-corrected chi connectivity index (χ4v) is 6.17. The first kappa shape index (κ1) is 15.1. The molecule has 2 aliphatic rings. The van der Waals surface area contributed by atoms with Crippen LogP contribution < -0.4 is 0 Å². The molecule has 23 heavy (non-hydrogen) atoms. The van der Waals surface area contributed by atoms with Crippen LogP contribution in [0.15, 0.2) is 29.3 Å². The van der Waals surface area contributed by atoms with Gasteiger partial charge in [0, 0.05) is 16.7 Å². The molecule has 0 N–H and O–H groups in total. The Hall–Kier alpha value is -1.42. The zero-order chi connectivity index (χ0) is 16.4. The number of carbonyl (C=O) groups excluding carboxylic acids is 1. The smallest absolute Gasteiger partial charge is 0.150 e. The van der Waals surface area contributed by atoms with Gasteiger partial charge in [0.25, 0.3) is 0 Å². The second-order valence-corrected chi connectivity index (χ2v) is 8.86. The van der Waals surface area contributed by atoms with E-state index in [9.17, 15) is 4.79 Å². The van der Waals surface area contributed by atoms with Gasteiger partial charge in [0.2, 0.25) is 0 Å². The number of carbonyl (C=O) groups is 1. The van der Waals surface area contributed by atoms with Crippen LogP contribution in [0.5, 0.6) is 0 Å². The number of aromatic nitrogens is 2. The van der Waals surface area contributed by atoms with Crippen molar-refractivity contribution >= 4 is 28.3 Å². The van der Waals surface area contributed by atoms with E-state index in [2.05, 4.69) is 43.1 Å². The first-order chi connectivity index (χ1) is 10.9. The van der Waals surface area contributed by atoms with Crippen molar-refractivity contribution < 1.29 is 4.79 Å². The Morgan fingerprint density at radius 1 is 1.13 bits per heavy atom. The van der Waals surface area contributed by atoms with Gasteiger partial charge in [-0.15, -0.1) is 5.10 Å². The predicted octanol–water partition coefficient (Wildman–Crippen LogP) is 4.42. The second-order valence-electron chi connectivity index (χ2n) is 7.77. The zero-order valence-electron chi connectivity index (χ0n) is 14.1. The molecule has 3 atom stereocenters. The Morgan fingerprint density at radius 2 is 1.83 bits per heavy atom. The molecule has 1 aromatic carbocycles. The lowest BCUT2D eigenvalue weighted by Gasteiger charge is -2.37. The lowest BCUT2D eigenvalue weighted by atomic mass is 9.71. The fourth-order valence-electron chi connectivity index (χ4n) is 4.59. The van der Waals surface area contributed by atoms with Crippen LogP contribution in [0.2, 0.25) is 0 Å². The Morgan fingerprint density at radius 3 is 2.48 bits per heavy atom. The zero-order valence-corrected chi connectivity index (χ0v) is 14.9. The van der Waals surface area contributed by atoms with Crippen LogP contribution in [-0.2, 0) is 4.79 Å². The van der Waals surface area contributed by atoms with E-state index in [4.69, 9.17) is 0 Å². The van der Waals surface area contributed by atoms with Crippen molar-refractivity contribution in [2.45, 2.75) is 50.8 Å². The van der Waals surface area contributed by atoms with E-state index < -0.39 is 0 Å². The third-order valence-electron chi connectivity index (χ3n) is 6.54. The normalized spacial score (nSPS) is 31.9. The van der Waals surface area contributed by atoms with Crippen LogP contribution in [0.25, 0.3) is 10.8 Å². The highest BCUT2D eigenvalue weighted by atomic mass is 32.2. The first-order valence-corrected chi connectivity index (χ1v) is 9.16. The fraction of sp³-hybridized carbons (Fsp3) is 0.526. The van der Waals surface area contributed by atoms with E-state index in [-0.39, 0.29) is 22.0 Å². The maximum atomic E-state index is 12.9. The van der Waals surface area contributed by atoms with E-state index in [0.717, 1.165) is 34.3 Å². The molecule has 2 aromatic rings. The minimum absolute atomic E-state index is 0.00309. The molecule has 4 rings (SSSR count). The van der Waals surface area contributed by atoms with Gasteiger partial charge in [0.1, 0.15) is 10.8 Å². The molecular formula is C19H22N2OS. The highest BCUT2D eigenvalue weighted by molar-refractivity contribution is 8.00. The van der Waals surface area contributed by atoms with Crippen molar-refractivity contribution in [3.05, 3.63) is 30.0 Å². The molecule has 0 spiro atoms. The molecule has 120 valence electrons. The minimum Gasteiger partial charge on any atom is -0.298 e. The molecule has 1 heterocycles. The largest absolute Gasteiger partial charge is 0.298 e. The summed E-state index contributed by atoms with van der Waals surface area (Å²) in [6, 6.07) is 8.22. The van der Waals surface area contributed by atoms with E-state index >= 15 is 0 Å². The van der Waals surface area contributed by atoms with Crippen molar-refractivity contribution in [3.63, 3.8) is 0 Å². The maximum Gasteiger partial charge on any atom is 0.150 e. The lowest BCUT2D eigenvalue weighted by molar-refractivity contribution is -0.122. The molecule has 0 saturated heterocycles. The SMILES string of the molecule is Cc1nnc(S[C@H]2C(=O)[C@H]3CC[C@@]2(C)C3(C)C)c2ccccc12. The molecule has 0 amide bonds. The van der Waals surface area contributed by atoms with E-state index in [1.807, 2.05) is 19.1 Å². The summed E-state index contributed by atoms with van der Waals surface area (Å²) in [4.78, 5) is 12.9. The number of hydrogen-bond donors (Lipinski definition) is 0. The van der Waals surface area contributed by atoms with Crippen LogP contribution in [0.1, 0.15) is 39.3 Å². The third-order valence-corrected chi connectivity index (χ3v) is 8.06. The number of benzene rings is 1. The van der Waals surface area contributed by atoms with Gasteiger partial charge in [0.05, 0.1) is 10.9 Å². The number of thioether (sulfide) groups is 1. The molecule has 2 fully saturated rings. The van der Waals surface area contributed by atoms with Crippen LogP contribution in [0, 0.1) is 23.7 Å². The molecule has 0 unspecified atom stereocenters. The van der Waals surface area contributed by atoms with Gasteiger partial charge in [0.15, 0.2) is 0 Å². The van der Waals surface area contributed by atoms with Gasteiger partial charge in [-0.2, -0.15) is 5.10 Å². The molecule has 0 aliphatic heterocycles. The van der Waals surface area contributed by atoms with Gasteiger partial charge in [-0.25, -0.2) is 0 Å². The van der Waals surface area contributed by atoms with Crippen molar-refractivity contribution in [3.8, 4) is 0 Å². The summed E-state index contributed by atoms with van der Waals surface area (Å²) >= 11 is 1.64. The molecule has 4 heteroatoms. The molecule has 0 radical (unpaired) electrons. The van der Waals surface area contributed by atoms with Crippen molar-refractivity contribution in [1.29, 1.82) is 0 Å². The van der Waals surface area contributed by atoms with Crippen LogP contribution in [-0.4, -0.2) is 21.2 Å². The standard InChI is InChI=1S/C19H22N2OS/c1-11-12-7-5-6-8-13(12)17(21-20-11)23-16-15(22)14-9-10-19(16,4)18(14,2)3/h5-8,14,16H,9-10H2,1-4H3/t14-,16+,19-/m1/s1. The molecule has 2 bridgehead atoms. The Balaban J connectivity index is 1.78. The second kappa shape index (κ2) is 4.79. The molecule has 2 aliphatic carbocycles. The number of ketones is 1. The van der Waals surface area contributed by atoms with Crippen LogP contribution >= 0.6 is 11.8 Å². The lowest BCUT2D eigenvalue weighted by Crippen LogP contribution is -2.35. The van der Waals surface area contributed by atoms with Gasteiger partial charge < -0.3 is 0 Å².